The predicted octanol–water partition coefficient (Wildman–Crippen LogP) is 2.42. The summed E-state index contributed by atoms with van der Waals surface area (Å²) < 4.78 is 37.1. The highest BCUT2D eigenvalue weighted by molar-refractivity contribution is 5.84. The van der Waals surface area contributed by atoms with Crippen molar-refractivity contribution in [1.29, 1.82) is 0 Å². The van der Waals surface area contributed by atoms with Crippen LogP contribution in [0.4, 0.5) is 19.1 Å². The van der Waals surface area contributed by atoms with Gasteiger partial charge < -0.3 is 9.80 Å². The number of piperidine rings is 1. The van der Waals surface area contributed by atoms with Crippen LogP contribution in [0.3, 0.4) is 0 Å². The Morgan fingerprint density at radius 3 is 2.83 bits per heavy atom. The van der Waals surface area contributed by atoms with Gasteiger partial charge in [-0.3, -0.25) is 4.79 Å². The van der Waals surface area contributed by atoms with Crippen LogP contribution in [0.25, 0.3) is 0 Å². The Balaban J connectivity index is 1.71. The lowest BCUT2D eigenvalue weighted by Gasteiger charge is -2.37. The number of amides is 1. The second kappa shape index (κ2) is 6.22. The van der Waals surface area contributed by atoms with E-state index in [1.165, 1.54) is 12.3 Å². The van der Waals surface area contributed by atoms with Crippen molar-refractivity contribution in [3.05, 3.63) is 18.0 Å². The molecule has 2 saturated heterocycles. The lowest BCUT2D eigenvalue weighted by molar-refractivity contribution is -0.143. The van der Waals surface area contributed by atoms with Gasteiger partial charge in [0.25, 0.3) is 0 Å². The molecule has 0 bridgehead atoms. The number of alkyl halides is 3. The lowest BCUT2D eigenvalue weighted by Crippen LogP contribution is -2.48. The SMILES string of the molecule is CN1CCC[C@@]2(CCN(c3nccc(CCC(F)(F)F)n3)C2)C1=O. The molecule has 2 fully saturated rings. The molecule has 0 radical (unpaired) electrons. The van der Waals surface area contributed by atoms with Crippen LogP contribution in [-0.4, -0.2) is 53.6 Å². The largest absolute Gasteiger partial charge is 0.389 e. The molecule has 8 heteroatoms. The Bertz CT molecular complexity index is 622. The number of rotatable bonds is 3. The summed E-state index contributed by atoms with van der Waals surface area (Å²) in [4.78, 5) is 24.7. The fourth-order valence-corrected chi connectivity index (χ4v) is 3.64. The minimum atomic E-state index is -4.19. The van der Waals surface area contributed by atoms with Gasteiger partial charge in [-0.1, -0.05) is 0 Å². The first-order valence-corrected chi connectivity index (χ1v) is 8.18. The van der Waals surface area contributed by atoms with E-state index in [2.05, 4.69) is 9.97 Å². The van der Waals surface area contributed by atoms with Gasteiger partial charge in [0, 0.05) is 45.0 Å². The van der Waals surface area contributed by atoms with Gasteiger partial charge in [-0.05, 0) is 31.7 Å². The van der Waals surface area contributed by atoms with E-state index in [1.54, 1.807) is 4.90 Å². The zero-order valence-corrected chi connectivity index (χ0v) is 13.6. The molecule has 3 rings (SSSR count). The Kier molecular flexibility index (Phi) is 4.40. The minimum absolute atomic E-state index is 0.153. The molecule has 2 aliphatic rings. The number of halogens is 3. The average Bonchev–Trinajstić information content (AvgIpc) is 2.96. The van der Waals surface area contributed by atoms with Crippen molar-refractivity contribution in [2.45, 2.75) is 38.3 Å². The van der Waals surface area contributed by atoms with Gasteiger partial charge in [-0.15, -0.1) is 0 Å². The van der Waals surface area contributed by atoms with Crippen molar-refractivity contribution < 1.29 is 18.0 Å². The standard InChI is InChI=1S/C16H21F3N4O/c1-22-9-2-5-15(13(22)24)7-10-23(11-15)14-20-8-4-12(21-14)3-6-16(17,18)19/h4,8H,2-3,5-7,9-11H2,1H3/t15-/m0/s1. The van der Waals surface area contributed by atoms with Gasteiger partial charge in [0.05, 0.1) is 5.41 Å². The molecule has 0 saturated carbocycles. The quantitative estimate of drug-likeness (QED) is 0.846. The third-order valence-corrected chi connectivity index (χ3v) is 4.95. The van der Waals surface area contributed by atoms with E-state index >= 15 is 0 Å². The van der Waals surface area contributed by atoms with Crippen LogP contribution in [0.5, 0.6) is 0 Å². The van der Waals surface area contributed by atoms with E-state index in [1.807, 2.05) is 11.9 Å². The van der Waals surface area contributed by atoms with Crippen molar-refractivity contribution in [2.24, 2.45) is 5.41 Å². The summed E-state index contributed by atoms with van der Waals surface area (Å²) in [5, 5.41) is 0. The van der Waals surface area contributed by atoms with E-state index in [0.717, 1.165) is 25.8 Å². The molecule has 1 aromatic heterocycles. The van der Waals surface area contributed by atoms with E-state index in [-0.39, 0.29) is 12.3 Å². The van der Waals surface area contributed by atoms with Crippen molar-refractivity contribution >= 4 is 11.9 Å². The number of carbonyl (C=O) groups is 1. The summed E-state index contributed by atoms with van der Waals surface area (Å²) in [5.41, 5.74) is -0.0106. The van der Waals surface area contributed by atoms with Crippen LogP contribution in [0.2, 0.25) is 0 Å². The van der Waals surface area contributed by atoms with Crippen molar-refractivity contribution in [3.63, 3.8) is 0 Å². The number of nitrogens with zero attached hydrogens (tertiary/aromatic N) is 4. The first-order valence-electron chi connectivity index (χ1n) is 8.18. The average molecular weight is 342 g/mol. The van der Waals surface area contributed by atoms with Crippen molar-refractivity contribution in [3.8, 4) is 0 Å². The Morgan fingerprint density at radius 2 is 2.08 bits per heavy atom. The summed E-state index contributed by atoms with van der Waals surface area (Å²) in [6.45, 7) is 1.98. The highest BCUT2D eigenvalue weighted by atomic mass is 19.4. The highest BCUT2D eigenvalue weighted by Crippen LogP contribution is 2.40. The molecule has 1 atom stereocenters. The number of aromatic nitrogens is 2. The molecule has 0 unspecified atom stereocenters. The first kappa shape index (κ1) is 17.0. The van der Waals surface area contributed by atoms with E-state index < -0.39 is 18.0 Å². The smallest absolute Gasteiger partial charge is 0.345 e. The topological polar surface area (TPSA) is 49.3 Å². The van der Waals surface area contributed by atoms with Gasteiger partial charge in [-0.25, -0.2) is 9.97 Å². The van der Waals surface area contributed by atoms with Gasteiger partial charge in [0.1, 0.15) is 0 Å². The second-order valence-corrected chi connectivity index (χ2v) is 6.75. The molecule has 1 spiro atoms. The van der Waals surface area contributed by atoms with Crippen LogP contribution in [-0.2, 0) is 11.2 Å². The Labute approximate surface area is 138 Å². The molecular weight excluding hydrogens is 321 g/mol. The van der Waals surface area contributed by atoms with Crippen LogP contribution < -0.4 is 4.90 Å². The number of aryl methyl sites for hydroxylation is 1. The maximum absolute atomic E-state index is 12.5. The molecule has 0 N–H and O–H groups in total. The summed E-state index contributed by atoms with van der Waals surface area (Å²) in [6, 6.07) is 1.51. The summed E-state index contributed by atoms with van der Waals surface area (Å²) >= 11 is 0. The number of anilines is 1. The van der Waals surface area contributed by atoms with Crippen LogP contribution in [0, 0.1) is 5.41 Å². The number of carbonyl (C=O) groups excluding carboxylic acids is 1. The van der Waals surface area contributed by atoms with E-state index in [0.29, 0.717) is 24.7 Å². The van der Waals surface area contributed by atoms with Crippen molar-refractivity contribution in [2.75, 3.05) is 31.6 Å². The lowest BCUT2D eigenvalue weighted by atomic mass is 9.78. The number of hydrogen-bond acceptors (Lipinski definition) is 4. The van der Waals surface area contributed by atoms with Gasteiger partial charge in [0.2, 0.25) is 11.9 Å². The second-order valence-electron chi connectivity index (χ2n) is 6.75. The van der Waals surface area contributed by atoms with Crippen molar-refractivity contribution in [1.82, 2.24) is 14.9 Å². The van der Waals surface area contributed by atoms with Gasteiger partial charge >= 0.3 is 6.18 Å². The summed E-state index contributed by atoms with van der Waals surface area (Å²) in [5.74, 6) is 0.581. The van der Waals surface area contributed by atoms with E-state index in [4.69, 9.17) is 0 Å². The zero-order chi connectivity index (χ0) is 17.4. The Morgan fingerprint density at radius 1 is 1.29 bits per heavy atom. The first-order chi connectivity index (χ1) is 11.3. The fourth-order valence-electron chi connectivity index (χ4n) is 3.64. The van der Waals surface area contributed by atoms with Crippen LogP contribution >= 0.6 is 0 Å². The molecule has 3 heterocycles. The maximum atomic E-state index is 12.5. The molecule has 1 aromatic rings. The third-order valence-electron chi connectivity index (χ3n) is 4.95. The minimum Gasteiger partial charge on any atom is -0.345 e. The van der Waals surface area contributed by atoms with E-state index in [9.17, 15) is 18.0 Å². The normalized spacial score (nSPS) is 24.9. The molecule has 24 heavy (non-hydrogen) atoms. The predicted molar refractivity (Wildman–Crippen MR) is 82.5 cm³/mol. The summed E-state index contributed by atoms with van der Waals surface area (Å²) in [7, 11) is 1.82. The fraction of sp³-hybridized carbons (Fsp3) is 0.688. The highest BCUT2D eigenvalue weighted by Gasteiger charge is 2.48. The zero-order valence-electron chi connectivity index (χ0n) is 13.6. The van der Waals surface area contributed by atoms with Gasteiger partial charge in [0.15, 0.2) is 0 Å². The Hall–Kier alpha value is -1.86. The molecule has 0 aliphatic carbocycles. The molecule has 132 valence electrons. The van der Waals surface area contributed by atoms with Gasteiger partial charge in [-0.2, -0.15) is 13.2 Å². The van der Waals surface area contributed by atoms with Crippen LogP contribution in [0.15, 0.2) is 12.3 Å². The number of hydrogen-bond donors (Lipinski definition) is 0. The summed E-state index contributed by atoms with van der Waals surface area (Å²) in [6.07, 6.45) is -1.18. The molecule has 0 aromatic carbocycles. The number of likely N-dealkylation sites (tertiary alicyclic amines) is 1. The molecule has 2 aliphatic heterocycles. The third kappa shape index (κ3) is 3.47. The van der Waals surface area contributed by atoms with Crippen LogP contribution in [0.1, 0.15) is 31.4 Å². The monoisotopic (exact) mass is 342 g/mol. The molecule has 1 amide bonds. The molecule has 5 nitrogen and oxygen atoms in total. The maximum Gasteiger partial charge on any atom is 0.389 e. The molecular formula is C16H21F3N4O.